The van der Waals surface area contributed by atoms with E-state index in [4.69, 9.17) is 0 Å². The smallest absolute Gasteiger partial charge is 0.324 e. The minimum atomic E-state index is -0.0949. The fourth-order valence-electron chi connectivity index (χ4n) is 4.26. The van der Waals surface area contributed by atoms with Gasteiger partial charge in [0.2, 0.25) is 0 Å². The molecule has 3 amide bonds. The number of hydrogen-bond acceptors (Lipinski definition) is 5. The van der Waals surface area contributed by atoms with Gasteiger partial charge in [-0.2, -0.15) is 0 Å². The number of hydrogen-bond donors (Lipinski definition) is 1. The zero-order chi connectivity index (χ0) is 19.3. The summed E-state index contributed by atoms with van der Waals surface area (Å²) in [6.07, 6.45) is 11.3. The van der Waals surface area contributed by atoms with Crippen molar-refractivity contribution in [2.24, 2.45) is 0 Å². The highest BCUT2D eigenvalue weighted by Gasteiger charge is 2.37. The monoisotopic (exact) mass is 399 g/mol. The Morgan fingerprint density at radius 2 is 2.00 bits per heavy atom. The van der Waals surface area contributed by atoms with Crippen LogP contribution in [0, 0.1) is 0 Å². The van der Waals surface area contributed by atoms with Crippen molar-refractivity contribution in [1.82, 2.24) is 19.8 Å². The molecule has 0 radical (unpaired) electrons. The number of thiazole rings is 1. The van der Waals surface area contributed by atoms with E-state index in [9.17, 15) is 9.59 Å². The standard InChI is InChI=1S/C20H25N5O2S/c26-18(15-5-4-9-21-13-15)24-11-8-17(14-24)25(16-6-2-1-3-7-16)20(27)23-19-22-10-12-28-19/h4-5,9-10,12-13,16-17H,1-3,6-8,11,14H2,(H,22,23,27). The second-order valence-electron chi connectivity index (χ2n) is 7.40. The van der Waals surface area contributed by atoms with Crippen molar-refractivity contribution in [3.05, 3.63) is 41.7 Å². The second-order valence-corrected chi connectivity index (χ2v) is 8.30. The summed E-state index contributed by atoms with van der Waals surface area (Å²) in [4.78, 5) is 38.0. The first-order valence-corrected chi connectivity index (χ1v) is 10.8. The average molecular weight is 400 g/mol. The molecule has 2 fully saturated rings. The normalized spacial score (nSPS) is 20.1. The Labute approximate surface area is 168 Å². The number of anilines is 1. The van der Waals surface area contributed by atoms with Gasteiger partial charge < -0.3 is 9.80 Å². The van der Waals surface area contributed by atoms with Gasteiger partial charge in [-0.3, -0.25) is 15.1 Å². The Morgan fingerprint density at radius 3 is 2.71 bits per heavy atom. The predicted molar refractivity (Wildman–Crippen MR) is 108 cm³/mol. The van der Waals surface area contributed by atoms with E-state index in [1.165, 1.54) is 17.8 Å². The highest BCUT2D eigenvalue weighted by molar-refractivity contribution is 7.13. The van der Waals surface area contributed by atoms with Crippen LogP contribution in [0.5, 0.6) is 0 Å². The molecule has 148 valence electrons. The molecule has 0 bridgehead atoms. The SMILES string of the molecule is O=C(c1cccnc1)N1CCC(N(C(=O)Nc2nccs2)C2CCCCC2)C1. The van der Waals surface area contributed by atoms with Gasteiger partial charge in [-0.05, 0) is 31.4 Å². The molecule has 1 N–H and O–H groups in total. The van der Waals surface area contributed by atoms with Gasteiger partial charge >= 0.3 is 6.03 Å². The molecule has 2 aromatic rings. The average Bonchev–Trinajstić information content (AvgIpc) is 3.42. The zero-order valence-electron chi connectivity index (χ0n) is 15.8. The van der Waals surface area contributed by atoms with Gasteiger partial charge in [-0.1, -0.05) is 19.3 Å². The number of nitrogens with one attached hydrogen (secondary N) is 1. The lowest BCUT2D eigenvalue weighted by Crippen LogP contribution is -2.51. The van der Waals surface area contributed by atoms with Crippen LogP contribution in [0.4, 0.5) is 9.93 Å². The molecule has 4 rings (SSSR count). The molecule has 1 unspecified atom stereocenters. The second kappa shape index (κ2) is 8.68. The summed E-state index contributed by atoms with van der Waals surface area (Å²) in [6, 6.07) is 3.73. The summed E-state index contributed by atoms with van der Waals surface area (Å²) in [6.45, 7) is 1.22. The van der Waals surface area contributed by atoms with Gasteiger partial charge in [0.15, 0.2) is 5.13 Å². The Hall–Kier alpha value is -2.48. The fraction of sp³-hybridized carbons (Fsp3) is 0.500. The van der Waals surface area contributed by atoms with Crippen LogP contribution in [0.2, 0.25) is 0 Å². The number of carbonyl (C=O) groups excluding carboxylic acids is 2. The molecule has 8 heteroatoms. The van der Waals surface area contributed by atoms with Gasteiger partial charge in [0.05, 0.1) is 11.6 Å². The summed E-state index contributed by atoms with van der Waals surface area (Å²) in [7, 11) is 0. The maximum Gasteiger partial charge on any atom is 0.324 e. The number of pyridine rings is 1. The molecule has 0 spiro atoms. The number of nitrogens with zero attached hydrogens (tertiary/aromatic N) is 4. The van der Waals surface area contributed by atoms with Crippen LogP contribution in [0.1, 0.15) is 48.9 Å². The van der Waals surface area contributed by atoms with Crippen molar-refractivity contribution < 1.29 is 9.59 Å². The molecular weight excluding hydrogens is 374 g/mol. The molecular formula is C20H25N5O2S. The van der Waals surface area contributed by atoms with Crippen LogP contribution < -0.4 is 5.32 Å². The Balaban J connectivity index is 1.48. The van der Waals surface area contributed by atoms with Crippen LogP contribution in [0.3, 0.4) is 0 Å². The summed E-state index contributed by atoms with van der Waals surface area (Å²) < 4.78 is 0. The summed E-state index contributed by atoms with van der Waals surface area (Å²) in [5.74, 6) is -0.0143. The number of aromatic nitrogens is 2. The number of urea groups is 1. The minimum absolute atomic E-state index is 0.0143. The third kappa shape index (κ3) is 4.16. The van der Waals surface area contributed by atoms with E-state index in [1.807, 2.05) is 15.2 Å². The molecule has 2 aromatic heterocycles. The maximum atomic E-state index is 13.1. The zero-order valence-corrected chi connectivity index (χ0v) is 16.6. The van der Waals surface area contributed by atoms with Crippen molar-refractivity contribution in [3.63, 3.8) is 0 Å². The highest BCUT2D eigenvalue weighted by Crippen LogP contribution is 2.29. The molecule has 1 saturated heterocycles. The lowest BCUT2D eigenvalue weighted by molar-refractivity contribution is 0.0768. The number of rotatable bonds is 4. The maximum absolute atomic E-state index is 13.1. The van der Waals surface area contributed by atoms with E-state index in [-0.39, 0.29) is 24.0 Å². The Bertz CT molecular complexity index is 792. The van der Waals surface area contributed by atoms with Gasteiger partial charge in [0.1, 0.15) is 0 Å². The van der Waals surface area contributed by atoms with Crippen molar-refractivity contribution >= 4 is 28.4 Å². The predicted octanol–water partition coefficient (Wildman–Crippen LogP) is 3.62. The molecule has 0 aromatic carbocycles. The first-order chi connectivity index (χ1) is 13.7. The Morgan fingerprint density at radius 1 is 1.14 bits per heavy atom. The third-order valence-electron chi connectivity index (χ3n) is 5.60. The quantitative estimate of drug-likeness (QED) is 0.852. The van der Waals surface area contributed by atoms with E-state index in [2.05, 4.69) is 15.3 Å². The number of amides is 3. The molecule has 2 aliphatic rings. The van der Waals surface area contributed by atoms with Gasteiger partial charge in [-0.25, -0.2) is 9.78 Å². The van der Waals surface area contributed by atoms with Gasteiger partial charge in [-0.15, -0.1) is 11.3 Å². The molecule has 1 aliphatic carbocycles. The van der Waals surface area contributed by atoms with Crippen LogP contribution in [-0.2, 0) is 0 Å². The minimum Gasteiger partial charge on any atom is -0.336 e. The number of carbonyl (C=O) groups is 2. The molecule has 3 heterocycles. The van der Waals surface area contributed by atoms with Crippen LogP contribution in [-0.4, -0.2) is 56.9 Å². The third-order valence-corrected chi connectivity index (χ3v) is 6.29. The highest BCUT2D eigenvalue weighted by atomic mass is 32.1. The van der Waals surface area contributed by atoms with E-state index in [0.29, 0.717) is 23.8 Å². The first kappa shape index (κ1) is 18.9. The van der Waals surface area contributed by atoms with Crippen molar-refractivity contribution in [1.29, 1.82) is 0 Å². The Kier molecular flexibility index (Phi) is 5.85. The molecule has 1 saturated carbocycles. The summed E-state index contributed by atoms with van der Waals surface area (Å²) in [5.41, 5.74) is 0.597. The van der Waals surface area contributed by atoms with Crippen LogP contribution in [0.25, 0.3) is 0 Å². The van der Waals surface area contributed by atoms with E-state index >= 15 is 0 Å². The van der Waals surface area contributed by atoms with Gasteiger partial charge in [0, 0.05) is 43.1 Å². The van der Waals surface area contributed by atoms with E-state index in [0.717, 1.165) is 32.1 Å². The van der Waals surface area contributed by atoms with E-state index < -0.39 is 0 Å². The summed E-state index contributed by atoms with van der Waals surface area (Å²) in [5, 5.41) is 5.42. The molecule has 7 nitrogen and oxygen atoms in total. The van der Waals surface area contributed by atoms with Gasteiger partial charge in [0.25, 0.3) is 5.91 Å². The van der Waals surface area contributed by atoms with E-state index in [1.54, 1.807) is 30.7 Å². The summed E-state index contributed by atoms with van der Waals surface area (Å²) >= 11 is 1.42. The van der Waals surface area contributed by atoms with Crippen molar-refractivity contribution in [2.45, 2.75) is 50.6 Å². The van der Waals surface area contributed by atoms with Crippen molar-refractivity contribution in [2.75, 3.05) is 18.4 Å². The lowest BCUT2D eigenvalue weighted by atomic mass is 9.93. The lowest BCUT2D eigenvalue weighted by Gasteiger charge is -2.38. The molecule has 28 heavy (non-hydrogen) atoms. The topological polar surface area (TPSA) is 78.4 Å². The van der Waals surface area contributed by atoms with Crippen LogP contribution >= 0.6 is 11.3 Å². The fourth-order valence-corrected chi connectivity index (χ4v) is 4.77. The first-order valence-electron chi connectivity index (χ1n) is 9.90. The van der Waals surface area contributed by atoms with Crippen LogP contribution in [0.15, 0.2) is 36.1 Å². The van der Waals surface area contributed by atoms with Crippen molar-refractivity contribution in [3.8, 4) is 0 Å². The largest absolute Gasteiger partial charge is 0.336 e. The molecule has 1 aliphatic heterocycles. The number of likely N-dealkylation sites (tertiary alicyclic amines) is 1. The molecule has 1 atom stereocenters.